The van der Waals surface area contributed by atoms with E-state index in [1.54, 1.807) is 0 Å². The number of nitrogens with two attached hydrogens (primary N) is 1. The van der Waals surface area contributed by atoms with Gasteiger partial charge >= 0.3 is 0 Å². The normalized spacial score (nSPS) is 18.2. The molecule has 0 saturated heterocycles. The summed E-state index contributed by atoms with van der Waals surface area (Å²) in [7, 11) is 0. The van der Waals surface area contributed by atoms with Gasteiger partial charge in [0.05, 0.1) is 0 Å². The molecule has 0 unspecified atom stereocenters. The molecule has 0 aromatic rings. The Labute approximate surface area is 76.1 Å². The van der Waals surface area contributed by atoms with Crippen molar-refractivity contribution in [2.75, 3.05) is 26.2 Å². The molecule has 12 heavy (non-hydrogen) atoms. The number of hydrogen-bond acceptors (Lipinski definition) is 2. The standard InChI is InChI=1S/C10H22N2/c1-2-7-12(8-6-11)9-10-4-3-5-10/h10H,2-9,11H2,1H3. The SMILES string of the molecule is CCCN(CCN)CC1CCC1. The zero-order valence-corrected chi connectivity index (χ0v) is 8.26. The van der Waals surface area contributed by atoms with Gasteiger partial charge in [0.2, 0.25) is 0 Å². The van der Waals surface area contributed by atoms with E-state index in [0.29, 0.717) is 0 Å². The van der Waals surface area contributed by atoms with E-state index in [2.05, 4.69) is 11.8 Å². The number of nitrogens with zero attached hydrogens (tertiary/aromatic N) is 1. The van der Waals surface area contributed by atoms with Gasteiger partial charge in [0.1, 0.15) is 0 Å². The Morgan fingerprint density at radius 3 is 2.50 bits per heavy atom. The van der Waals surface area contributed by atoms with Crippen LogP contribution < -0.4 is 5.73 Å². The van der Waals surface area contributed by atoms with Crippen molar-refractivity contribution >= 4 is 0 Å². The first-order valence-corrected chi connectivity index (χ1v) is 5.29. The van der Waals surface area contributed by atoms with Crippen molar-refractivity contribution in [3.63, 3.8) is 0 Å². The van der Waals surface area contributed by atoms with E-state index in [4.69, 9.17) is 5.73 Å². The highest BCUT2D eigenvalue weighted by molar-refractivity contribution is 4.73. The molecule has 72 valence electrons. The Kier molecular flexibility index (Phi) is 4.62. The van der Waals surface area contributed by atoms with Crippen LogP contribution in [0.2, 0.25) is 0 Å². The largest absolute Gasteiger partial charge is 0.329 e. The van der Waals surface area contributed by atoms with Crippen LogP contribution in [-0.4, -0.2) is 31.1 Å². The van der Waals surface area contributed by atoms with Crippen molar-refractivity contribution < 1.29 is 0 Å². The van der Waals surface area contributed by atoms with E-state index in [1.807, 2.05) is 0 Å². The van der Waals surface area contributed by atoms with Gasteiger partial charge in [-0.1, -0.05) is 13.3 Å². The van der Waals surface area contributed by atoms with Gasteiger partial charge in [0, 0.05) is 19.6 Å². The molecule has 0 atom stereocenters. The second-order valence-corrected chi connectivity index (χ2v) is 3.89. The van der Waals surface area contributed by atoms with Crippen LogP contribution in [-0.2, 0) is 0 Å². The van der Waals surface area contributed by atoms with Crippen molar-refractivity contribution in [1.29, 1.82) is 0 Å². The summed E-state index contributed by atoms with van der Waals surface area (Å²) in [6.07, 6.45) is 5.61. The second-order valence-electron chi connectivity index (χ2n) is 3.89. The number of rotatable bonds is 6. The highest BCUT2D eigenvalue weighted by Crippen LogP contribution is 2.26. The first-order chi connectivity index (χ1) is 5.86. The summed E-state index contributed by atoms with van der Waals surface area (Å²) in [6.45, 7) is 6.67. The minimum absolute atomic E-state index is 0.812. The molecule has 1 saturated carbocycles. The lowest BCUT2D eigenvalue weighted by atomic mass is 9.85. The van der Waals surface area contributed by atoms with Crippen molar-refractivity contribution in [1.82, 2.24) is 4.90 Å². The highest BCUT2D eigenvalue weighted by Gasteiger charge is 2.19. The third-order valence-electron chi connectivity index (χ3n) is 2.73. The quantitative estimate of drug-likeness (QED) is 0.654. The van der Waals surface area contributed by atoms with E-state index in [-0.39, 0.29) is 0 Å². The van der Waals surface area contributed by atoms with Crippen LogP contribution in [0.1, 0.15) is 32.6 Å². The molecule has 2 N–H and O–H groups in total. The van der Waals surface area contributed by atoms with Crippen LogP contribution in [0.5, 0.6) is 0 Å². The van der Waals surface area contributed by atoms with Crippen LogP contribution in [0.3, 0.4) is 0 Å². The van der Waals surface area contributed by atoms with Crippen LogP contribution in [0, 0.1) is 5.92 Å². The monoisotopic (exact) mass is 170 g/mol. The Balaban J connectivity index is 2.11. The van der Waals surface area contributed by atoms with Crippen LogP contribution >= 0.6 is 0 Å². The molecule has 0 heterocycles. The fourth-order valence-corrected chi connectivity index (χ4v) is 1.83. The molecule has 0 aromatic heterocycles. The van der Waals surface area contributed by atoms with Gasteiger partial charge in [-0.3, -0.25) is 0 Å². The maximum atomic E-state index is 5.55. The van der Waals surface area contributed by atoms with Gasteiger partial charge in [-0.05, 0) is 31.7 Å². The van der Waals surface area contributed by atoms with E-state index in [1.165, 1.54) is 38.8 Å². The lowest BCUT2D eigenvalue weighted by molar-refractivity contribution is 0.181. The minimum Gasteiger partial charge on any atom is -0.329 e. The van der Waals surface area contributed by atoms with Gasteiger partial charge in [-0.15, -0.1) is 0 Å². The van der Waals surface area contributed by atoms with E-state index in [9.17, 15) is 0 Å². The summed E-state index contributed by atoms with van der Waals surface area (Å²) in [5.74, 6) is 0.989. The lowest BCUT2D eigenvalue weighted by Gasteiger charge is -2.31. The average molecular weight is 170 g/mol. The van der Waals surface area contributed by atoms with E-state index < -0.39 is 0 Å². The molecule has 1 rings (SSSR count). The summed E-state index contributed by atoms with van der Waals surface area (Å²) in [4.78, 5) is 2.52. The first kappa shape index (κ1) is 10.0. The molecule has 0 aliphatic heterocycles. The Hall–Kier alpha value is -0.0800. The van der Waals surface area contributed by atoms with E-state index >= 15 is 0 Å². The zero-order chi connectivity index (χ0) is 8.81. The maximum absolute atomic E-state index is 5.55. The molecule has 1 aliphatic carbocycles. The van der Waals surface area contributed by atoms with Crippen molar-refractivity contribution in [3.05, 3.63) is 0 Å². The summed E-state index contributed by atoms with van der Waals surface area (Å²) in [5, 5.41) is 0. The first-order valence-electron chi connectivity index (χ1n) is 5.29. The fourth-order valence-electron chi connectivity index (χ4n) is 1.83. The van der Waals surface area contributed by atoms with Crippen LogP contribution in [0.4, 0.5) is 0 Å². The zero-order valence-electron chi connectivity index (χ0n) is 8.26. The van der Waals surface area contributed by atoms with Crippen molar-refractivity contribution in [3.8, 4) is 0 Å². The smallest absolute Gasteiger partial charge is 0.0105 e. The van der Waals surface area contributed by atoms with Gasteiger partial charge < -0.3 is 10.6 Å². The summed E-state index contributed by atoms with van der Waals surface area (Å²) >= 11 is 0. The Morgan fingerprint density at radius 1 is 1.33 bits per heavy atom. The van der Waals surface area contributed by atoms with Crippen LogP contribution in [0.15, 0.2) is 0 Å². The Morgan fingerprint density at radius 2 is 2.08 bits per heavy atom. The van der Waals surface area contributed by atoms with E-state index in [0.717, 1.165) is 19.0 Å². The molecule has 0 spiro atoms. The minimum atomic E-state index is 0.812. The molecular formula is C10H22N2. The third kappa shape index (κ3) is 3.11. The Bertz CT molecular complexity index is 104. The van der Waals surface area contributed by atoms with Gasteiger partial charge in [0.15, 0.2) is 0 Å². The van der Waals surface area contributed by atoms with Crippen molar-refractivity contribution in [2.45, 2.75) is 32.6 Å². The molecule has 2 nitrogen and oxygen atoms in total. The predicted molar refractivity (Wildman–Crippen MR) is 53.1 cm³/mol. The molecule has 1 fully saturated rings. The van der Waals surface area contributed by atoms with Crippen molar-refractivity contribution in [2.24, 2.45) is 11.7 Å². The van der Waals surface area contributed by atoms with Gasteiger partial charge in [0.25, 0.3) is 0 Å². The topological polar surface area (TPSA) is 29.3 Å². The summed E-state index contributed by atoms with van der Waals surface area (Å²) in [5.41, 5.74) is 5.55. The van der Waals surface area contributed by atoms with Gasteiger partial charge in [-0.25, -0.2) is 0 Å². The molecule has 0 amide bonds. The molecule has 0 bridgehead atoms. The highest BCUT2D eigenvalue weighted by atomic mass is 15.1. The number of hydrogen-bond donors (Lipinski definition) is 1. The summed E-state index contributed by atoms with van der Waals surface area (Å²) < 4.78 is 0. The lowest BCUT2D eigenvalue weighted by Crippen LogP contribution is -2.36. The molecule has 0 radical (unpaired) electrons. The molecule has 0 aromatic carbocycles. The maximum Gasteiger partial charge on any atom is 0.0105 e. The second kappa shape index (κ2) is 5.55. The molecule has 1 aliphatic rings. The molecular weight excluding hydrogens is 148 g/mol. The molecule has 2 heteroatoms. The fraction of sp³-hybridized carbons (Fsp3) is 1.00. The van der Waals surface area contributed by atoms with Gasteiger partial charge in [-0.2, -0.15) is 0 Å². The van der Waals surface area contributed by atoms with Crippen LogP contribution in [0.25, 0.3) is 0 Å². The summed E-state index contributed by atoms with van der Waals surface area (Å²) in [6, 6.07) is 0. The predicted octanol–water partition coefficient (Wildman–Crippen LogP) is 1.46. The average Bonchev–Trinajstić information content (AvgIpc) is 1.97. The third-order valence-corrected chi connectivity index (χ3v) is 2.73.